The Hall–Kier alpha value is -1.23. The first-order valence-electron chi connectivity index (χ1n) is 20.7. The summed E-state index contributed by atoms with van der Waals surface area (Å²) in [5, 5.41) is 85.4. The molecule has 13 nitrogen and oxygen atoms in total. The Morgan fingerprint density at radius 2 is 1.42 bits per heavy atom. The van der Waals surface area contributed by atoms with Crippen molar-refractivity contribution in [3.05, 3.63) is 11.6 Å². The van der Waals surface area contributed by atoms with Crippen molar-refractivity contribution in [1.82, 2.24) is 0 Å². The zero-order valence-electron chi connectivity index (χ0n) is 33.9. The molecule has 0 amide bonds. The van der Waals surface area contributed by atoms with Gasteiger partial charge in [-0.1, -0.05) is 67.0 Å². The number of carboxylic acids is 1. The van der Waals surface area contributed by atoms with E-state index >= 15 is 0 Å². The van der Waals surface area contributed by atoms with Crippen LogP contribution in [0.1, 0.15) is 113 Å². The van der Waals surface area contributed by atoms with E-state index in [1.807, 2.05) is 0 Å². The topological polar surface area (TPSA) is 216 Å². The first-order valence-corrected chi connectivity index (χ1v) is 20.7. The largest absolute Gasteiger partial charge is 0.479 e. The highest BCUT2D eigenvalue weighted by atomic mass is 16.7. The van der Waals surface area contributed by atoms with Crippen LogP contribution in [0.15, 0.2) is 11.6 Å². The maximum atomic E-state index is 12.3. The van der Waals surface area contributed by atoms with Crippen LogP contribution >= 0.6 is 0 Å². The predicted octanol–water partition coefficient (Wildman–Crippen LogP) is 2.88. The summed E-state index contributed by atoms with van der Waals surface area (Å²) in [6.07, 6.45) is -6.88. The maximum absolute atomic E-state index is 12.3. The molecule has 0 aromatic rings. The first-order chi connectivity index (χ1) is 25.5. The molecule has 55 heavy (non-hydrogen) atoms. The monoisotopic (exact) mass is 780 g/mol. The van der Waals surface area contributed by atoms with Gasteiger partial charge in [-0.2, -0.15) is 0 Å². The van der Waals surface area contributed by atoms with Crippen LogP contribution in [0.4, 0.5) is 0 Å². The van der Waals surface area contributed by atoms with Crippen molar-refractivity contribution in [2.75, 3.05) is 6.61 Å². The summed E-state index contributed by atoms with van der Waals surface area (Å²) in [7, 11) is 0. The first kappa shape index (κ1) is 41.9. The van der Waals surface area contributed by atoms with Gasteiger partial charge in [-0.05, 0) is 103 Å². The number of rotatable bonds is 6. The molecule has 2 aliphatic heterocycles. The molecule has 5 aliphatic carbocycles. The summed E-state index contributed by atoms with van der Waals surface area (Å²) in [6.45, 7) is 18.1. The summed E-state index contributed by atoms with van der Waals surface area (Å²) in [6, 6.07) is 0. The smallest absolute Gasteiger partial charge is 0.335 e. The molecule has 0 aromatic heterocycles. The molecule has 19 atom stereocenters. The quantitative estimate of drug-likeness (QED) is 0.144. The average molecular weight is 781 g/mol. The van der Waals surface area contributed by atoms with Gasteiger partial charge < -0.3 is 59.8 Å². The molecule has 2 saturated heterocycles. The van der Waals surface area contributed by atoms with Crippen LogP contribution in [0.5, 0.6) is 0 Å². The molecule has 0 spiro atoms. The summed E-state index contributed by atoms with van der Waals surface area (Å²) in [4.78, 5) is 12.3. The van der Waals surface area contributed by atoms with Gasteiger partial charge in [0.15, 0.2) is 18.7 Å². The SMILES string of the molecule is CC1(C)CC[C@@]2(C)[C@H](C1)C1=CC[C@H]3[C@@]4(C)CC[C@@H](O[C@H]5O[C@@H](C(=O)O)[C@H](O)[C@@H](O[C@H]6O[C@@H](CO)[C@H](O)[C@@H](O)[C@@H]6O)[C@@H]5O)C(C)(C)[C@H]4CC[C@@]3(C)[C@]1(C)C[C@@H]2O. The molecule has 4 saturated carbocycles. The lowest BCUT2D eigenvalue weighted by atomic mass is 9.33. The van der Waals surface area contributed by atoms with E-state index < -0.39 is 85.5 Å². The third-order valence-corrected chi connectivity index (χ3v) is 17.3. The van der Waals surface area contributed by atoms with Crippen molar-refractivity contribution in [3.63, 3.8) is 0 Å². The van der Waals surface area contributed by atoms with Crippen LogP contribution < -0.4 is 0 Å². The molecule has 8 N–H and O–H groups in total. The van der Waals surface area contributed by atoms with Crippen LogP contribution in [0, 0.1) is 50.2 Å². The Balaban J connectivity index is 1.13. The second-order valence-electron chi connectivity index (χ2n) is 21.0. The molecule has 7 rings (SSSR count). The van der Waals surface area contributed by atoms with E-state index in [0.717, 1.165) is 51.4 Å². The third kappa shape index (κ3) is 6.23. The lowest BCUT2D eigenvalue weighted by Crippen LogP contribution is -2.67. The lowest BCUT2D eigenvalue weighted by Gasteiger charge is -2.72. The predicted molar refractivity (Wildman–Crippen MR) is 198 cm³/mol. The number of aliphatic carboxylic acids is 1. The Kier molecular flexibility index (Phi) is 10.6. The van der Waals surface area contributed by atoms with Crippen molar-refractivity contribution in [3.8, 4) is 0 Å². The molecular formula is C42H68O13. The Morgan fingerprint density at radius 3 is 2.07 bits per heavy atom. The van der Waals surface area contributed by atoms with Crippen molar-refractivity contribution >= 4 is 5.97 Å². The summed E-state index contributed by atoms with van der Waals surface area (Å²) < 4.78 is 23.5. The minimum atomic E-state index is -1.92. The van der Waals surface area contributed by atoms with E-state index in [2.05, 4.69) is 61.5 Å². The van der Waals surface area contributed by atoms with Crippen LogP contribution in [0.3, 0.4) is 0 Å². The van der Waals surface area contributed by atoms with Gasteiger partial charge in [-0.15, -0.1) is 0 Å². The molecule has 7 aliphatic rings. The van der Waals surface area contributed by atoms with Crippen molar-refractivity contribution in [1.29, 1.82) is 0 Å². The number of allylic oxidation sites excluding steroid dienone is 2. The Bertz CT molecular complexity index is 1500. The van der Waals surface area contributed by atoms with Gasteiger partial charge >= 0.3 is 5.97 Å². The van der Waals surface area contributed by atoms with Crippen LogP contribution in [0.2, 0.25) is 0 Å². The fourth-order valence-corrected chi connectivity index (χ4v) is 13.6. The highest BCUT2D eigenvalue weighted by Crippen LogP contribution is 2.75. The van der Waals surface area contributed by atoms with E-state index in [1.165, 1.54) is 0 Å². The zero-order chi connectivity index (χ0) is 40.4. The lowest BCUT2D eigenvalue weighted by molar-refractivity contribution is -0.365. The van der Waals surface area contributed by atoms with Crippen LogP contribution in [-0.4, -0.2) is 127 Å². The third-order valence-electron chi connectivity index (χ3n) is 17.3. The second kappa shape index (κ2) is 13.9. The van der Waals surface area contributed by atoms with Crippen molar-refractivity contribution in [2.45, 2.75) is 187 Å². The van der Waals surface area contributed by atoms with Gasteiger partial charge in [0.25, 0.3) is 0 Å². The standard InChI is InChI=1S/C42H68O13/c1-37(2)15-16-39(5)21(17-37)20-9-10-24-40(6)13-12-26(38(3,4)23(40)11-14-41(24,7)42(20,8)18-25(39)44)53-36-31(49)32(30(48)33(55-36)34(50)51)54-35-29(47)28(46)27(45)22(19-43)52-35/h9,21-33,35-36,43-49H,10-19H2,1-8H3,(H,50,51)/t21-,22+,23-,24+,25+,26-,27+,28-,29+,30-,31+,32-,33-,35-,36+,39+,40+,41-,42-/m1/s1. The number of hydrogen-bond donors (Lipinski definition) is 8. The van der Waals surface area contributed by atoms with Gasteiger partial charge in [0.2, 0.25) is 0 Å². The van der Waals surface area contributed by atoms with Gasteiger partial charge in [-0.3, -0.25) is 0 Å². The summed E-state index contributed by atoms with van der Waals surface area (Å²) in [5.41, 5.74) is 1.02. The molecule has 0 bridgehead atoms. The molecular weight excluding hydrogens is 712 g/mol. The van der Waals surface area contributed by atoms with Gasteiger partial charge in [0.05, 0.1) is 18.8 Å². The van der Waals surface area contributed by atoms with Gasteiger partial charge in [-0.25, -0.2) is 4.79 Å². The number of carbonyl (C=O) groups is 1. The van der Waals surface area contributed by atoms with Crippen LogP contribution in [0.25, 0.3) is 0 Å². The highest BCUT2D eigenvalue weighted by Gasteiger charge is 2.69. The van der Waals surface area contributed by atoms with Gasteiger partial charge in [0, 0.05) is 5.41 Å². The molecule has 6 fully saturated rings. The number of hydrogen-bond acceptors (Lipinski definition) is 12. The molecule has 2 heterocycles. The van der Waals surface area contributed by atoms with Crippen LogP contribution in [-0.2, 0) is 23.7 Å². The number of aliphatic hydroxyl groups excluding tert-OH is 7. The molecule has 0 radical (unpaired) electrons. The number of ether oxygens (including phenoxy) is 4. The Morgan fingerprint density at radius 1 is 0.745 bits per heavy atom. The van der Waals surface area contributed by atoms with E-state index in [-0.39, 0.29) is 39.1 Å². The summed E-state index contributed by atoms with van der Waals surface area (Å²) >= 11 is 0. The zero-order valence-corrected chi connectivity index (χ0v) is 33.9. The number of carboxylic acid groups (broad SMARTS) is 1. The van der Waals surface area contributed by atoms with E-state index in [0.29, 0.717) is 18.3 Å². The molecule has 0 unspecified atom stereocenters. The van der Waals surface area contributed by atoms with Crippen molar-refractivity contribution in [2.24, 2.45) is 50.2 Å². The number of fused-ring (bicyclic) bond motifs is 7. The molecule has 13 heteroatoms. The average Bonchev–Trinajstić information content (AvgIpc) is 3.10. The van der Waals surface area contributed by atoms with Gasteiger partial charge in [0.1, 0.15) is 42.7 Å². The normalized spacial score (nSPS) is 54.5. The van der Waals surface area contributed by atoms with E-state index in [1.54, 1.807) is 5.57 Å². The summed E-state index contributed by atoms with van der Waals surface area (Å²) in [5.74, 6) is -0.580. The molecule has 314 valence electrons. The van der Waals surface area contributed by atoms with E-state index in [9.17, 15) is 45.6 Å². The fourth-order valence-electron chi connectivity index (χ4n) is 13.6. The van der Waals surface area contributed by atoms with E-state index in [4.69, 9.17) is 18.9 Å². The minimum absolute atomic E-state index is 0.0293. The minimum Gasteiger partial charge on any atom is -0.479 e. The Labute approximate surface area is 325 Å². The second-order valence-corrected chi connectivity index (χ2v) is 21.0. The maximum Gasteiger partial charge on any atom is 0.335 e. The number of aliphatic hydroxyl groups is 7. The highest BCUT2D eigenvalue weighted by molar-refractivity contribution is 5.73. The van der Waals surface area contributed by atoms with Crippen molar-refractivity contribution < 1.29 is 64.6 Å². The fraction of sp³-hybridized carbons (Fsp3) is 0.929. The molecule has 0 aromatic carbocycles.